The van der Waals surface area contributed by atoms with E-state index in [0.29, 0.717) is 28.2 Å². The number of nitrogens with zero attached hydrogens (tertiary/aromatic N) is 4. The van der Waals surface area contributed by atoms with Crippen LogP contribution in [0.25, 0.3) is 0 Å². The fourth-order valence-electron chi connectivity index (χ4n) is 2.37. The Morgan fingerprint density at radius 3 is 2.76 bits per heavy atom. The van der Waals surface area contributed by atoms with Crippen LogP contribution in [0.5, 0.6) is 5.75 Å². The summed E-state index contributed by atoms with van der Waals surface area (Å²) in [5.41, 5.74) is 1.94. The normalized spacial score (nSPS) is 16.1. The number of aliphatic imine (C=N–C) groups is 1. The van der Waals surface area contributed by atoms with E-state index in [4.69, 9.17) is 27.9 Å². The molecule has 5 nitrogen and oxygen atoms in total. The van der Waals surface area contributed by atoms with Crippen molar-refractivity contribution in [3.63, 3.8) is 0 Å². The third-order valence-corrected chi connectivity index (χ3v) is 4.90. The summed E-state index contributed by atoms with van der Waals surface area (Å²) in [5.74, 6) is 1.22. The van der Waals surface area contributed by atoms with E-state index in [1.165, 1.54) is 11.9 Å². The highest BCUT2D eigenvalue weighted by Gasteiger charge is 2.29. The van der Waals surface area contributed by atoms with Gasteiger partial charge in [0.25, 0.3) is 0 Å². The van der Waals surface area contributed by atoms with Crippen LogP contribution in [0.1, 0.15) is 5.56 Å². The Kier molecular flexibility index (Phi) is 4.65. The van der Waals surface area contributed by atoms with Crippen molar-refractivity contribution in [2.75, 3.05) is 13.2 Å². The van der Waals surface area contributed by atoms with Crippen LogP contribution >= 0.6 is 35.1 Å². The van der Waals surface area contributed by atoms with E-state index < -0.39 is 0 Å². The third kappa shape index (κ3) is 3.51. The molecule has 0 N–H and O–H groups in total. The lowest BCUT2D eigenvalue weighted by molar-refractivity contribution is 0.364. The fraction of sp³-hybridized carbons (Fsp3) is 0.118. The van der Waals surface area contributed by atoms with Crippen LogP contribution in [0.2, 0.25) is 10.0 Å². The molecule has 0 bridgehead atoms. The molecule has 8 heteroatoms. The SMILES string of the molecule is Clc1ccc(OCC2=NSC3=NCC(c4ccccc4)=NN23)c(Cl)c1. The molecule has 0 atom stereocenters. The Hall–Kier alpha value is -2.02. The number of hydrogen-bond acceptors (Lipinski definition) is 6. The highest BCUT2D eigenvalue weighted by molar-refractivity contribution is 8.13. The van der Waals surface area contributed by atoms with Crippen LogP contribution in [0.15, 0.2) is 63.0 Å². The van der Waals surface area contributed by atoms with Crippen LogP contribution in [0, 0.1) is 0 Å². The molecule has 2 aliphatic heterocycles. The zero-order valence-corrected chi connectivity index (χ0v) is 15.2. The summed E-state index contributed by atoms with van der Waals surface area (Å²) in [6.45, 7) is 0.772. The van der Waals surface area contributed by atoms with Crippen molar-refractivity contribution < 1.29 is 4.74 Å². The van der Waals surface area contributed by atoms with Crippen molar-refractivity contribution in [1.29, 1.82) is 0 Å². The Balaban J connectivity index is 1.50. The molecule has 126 valence electrons. The van der Waals surface area contributed by atoms with Gasteiger partial charge in [0.2, 0.25) is 5.17 Å². The first-order valence-corrected chi connectivity index (χ1v) is 9.03. The molecule has 0 saturated heterocycles. The first-order chi connectivity index (χ1) is 12.2. The molecular weight excluding hydrogens is 379 g/mol. The zero-order chi connectivity index (χ0) is 17.2. The minimum atomic E-state index is 0.235. The number of rotatable bonds is 4. The summed E-state index contributed by atoms with van der Waals surface area (Å²) in [5, 5.41) is 8.17. The van der Waals surface area contributed by atoms with E-state index >= 15 is 0 Å². The predicted octanol–water partition coefficient (Wildman–Crippen LogP) is 4.51. The van der Waals surface area contributed by atoms with E-state index in [2.05, 4.69) is 14.5 Å². The molecule has 0 saturated carbocycles. The summed E-state index contributed by atoms with van der Waals surface area (Å²) < 4.78 is 10.2. The van der Waals surface area contributed by atoms with E-state index in [1.807, 2.05) is 30.3 Å². The molecule has 0 spiro atoms. The summed E-state index contributed by atoms with van der Waals surface area (Å²) in [6, 6.07) is 15.1. The smallest absolute Gasteiger partial charge is 0.209 e. The number of hydrogen-bond donors (Lipinski definition) is 0. The molecule has 2 aromatic rings. The van der Waals surface area contributed by atoms with Gasteiger partial charge in [0, 0.05) is 5.02 Å². The van der Waals surface area contributed by atoms with Crippen molar-refractivity contribution in [3.05, 3.63) is 64.1 Å². The van der Waals surface area contributed by atoms with E-state index in [0.717, 1.165) is 16.4 Å². The van der Waals surface area contributed by atoms with Crippen LogP contribution in [0.4, 0.5) is 0 Å². The van der Waals surface area contributed by atoms with Gasteiger partial charge in [0.1, 0.15) is 12.4 Å². The third-order valence-electron chi connectivity index (χ3n) is 3.60. The molecule has 2 aliphatic rings. The highest BCUT2D eigenvalue weighted by atomic mass is 35.5. The molecule has 4 rings (SSSR count). The first kappa shape index (κ1) is 16.4. The second-order valence-corrected chi connectivity index (χ2v) is 6.86. The lowest BCUT2D eigenvalue weighted by Crippen LogP contribution is -2.35. The minimum Gasteiger partial charge on any atom is -0.484 e. The summed E-state index contributed by atoms with van der Waals surface area (Å²) in [7, 11) is 0. The lowest BCUT2D eigenvalue weighted by Gasteiger charge is -2.20. The Labute approximate surface area is 159 Å². The highest BCUT2D eigenvalue weighted by Crippen LogP contribution is 2.29. The molecular formula is C17H12Cl2N4OS. The predicted molar refractivity (Wildman–Crippen MR) is 104 cm³/mol. The number of amidine groups is 2. The topological polar surface area (TPSA) is 49.6 Å². The van der Waals surface area contributed by atoms with Crippen LogP contribution in [-0.4, -0.2) is 34.9 Å². The minimum absolute atomic E-state index is 0.235. The van der Waals surface area contributed by atoms with Gasteiger partial charge in [-0.15, -0.1) is 0 Å². The zero-order valence-electron chi connectivity index (χ0n) is 12.9. The van der Waals surface area contributed by atoms with Gasteiger partial charge in [-0.2, -0.15) is 14.5 Å². The van der Waals surface area contributed by atoms with Gasteiger partial charge in [-0.3, -0.25) is 4.99 Å². The molecule has 2 aromatic carbocycles. The average molecular weight is 391 g/mol. The fourth-order valence-corrected chi connectivity index (χ4v) is 3.50. The molecule has 25 heavy (non-hydrogen) atoms. The number of benzene rings is 2. The molecule has 0 amide bonds. The van der Waals surface area contributed by atoms with Gasteiger partial charge in [-0.25, -0.2) is 0 Å². The molecule has 0 aromatic heterocycles. The van der Waals surface area contributed by atoms with Gasteiger partial charge in [-0.1, -0.05) is 53.5 Å². The quantitative estimate of drug-likeness (QED) is 0.721. The summed E-state index contributed by atoms with van der Waals surface area (Å²) in [6.07, 6.45) is 0. The molecule has 0 fully saturated rings. The van der Waals surface area contributed by atoms with E-state index in [-0.39, 0.29) is 6.61 Å². The number of fused-ring (bicyclic) bond motifs is 1. The maximum absolute atomic E-state index is 6.14. The summed E-state index contributed by atoms with van der Waals surface area (Å²) >= 11 is 13.3. The van der Waals surface area contributed by atoms with Crippen LogP contribution in [0.3, 0.4) is 0 Å². The molecule has 0 unspecified atom stereocenters. The second kappa shape index (κ2) is 7.07. The van der Waals surface area contributed by atoms with E-state index in [1.54, 1.807) is 23.2 Å². The number of ether oxygens (including phenoxy) is 1. The van der Waals surface area contributed by atoms with Gasteiger partial charge < -0.3 is 4.74 Å². The van der Waals surface area contributed by atoms with Crippen molar-refractivity contribution in [2.24, 2.45) is 14.5 Å². The number of hydrazone groups is 1. The largest absolute Gasteiger partial charge is 0.484 e. The maximum Gasteiger partial charge on any atom is 0.209 e. The van der Waals surface area contributed by atoms with Crippen molar-refractivity contribution in [3.8, 4) is 5.75 Å². The van der Waals surface area contributed by atoms with Gasteiger partial charge in [-0.05, 0) is 23.8 Å². The Morgan fingerprint density at radius 1 is 1.12 bits per heavy atom. The average Bonchev–Trinajstić information content (AvgIpc) is 3.04. The van der Waals surface area contributed by atoms with Gasteiger partial charge in [0.15, 0.2) is 5.84 Å². The van der Waals surface area contributed by atoms with Gasteiger partial charge >= 0.3 is 0 Å². The molecule has 0 aliphatic carbocycles. The second-order valence-electron chi connectivity index (χ2n) is 5.29. The van der Waals surface area contributed by atoms with Crippen LogP contribution < -0.4 is 4.74 Å². The summed E-state index contributed by atoms with van der Waals surface area (Å²) in [4.78, 5) is 4.54. The van der Waals surface area contributed by atoms with Crippen molar-refractivity contribution in [2.45, 2.75) is 0 Å². The van der Waals surface area contributed by atoms with Crippen molar-refractivity contribution >= 4 is 51.9 Å². The standard InChI is InChI=1S/C17H12Cl2N4OS/c18-12-6-7-15(13(19)8-12)24-10-16-22-25-17-20-9-14(21-23(16)17)11-4-2-1-3-5-11/h1-8H,9-10H2. The van der Waals surface area contributed by atoms with Gasteiger partial charge in [0.05, 0.1) is 29.2 Å². The Bertz CT molecular complexity index is 899. The van der Waals surface area contributed by atoms with Crippen molar-refractivity contribution in [1.82, 2.24) is 5.01 Å². The molecule has 0 radical (unpaired) electrons. The molecule has 2 heterocycles. The Morgan fingerprint density at radius 2 is 1.96 bits per heavy atom. The number of halogens is 2. The monoisotopic (exact) mass is 390 g/mol. The lowest BCUT2D eigenvalue weighted by atomic mass is 10.1. The maximum atomic E-state index is 6.14. The van der Waals surface area contributed by atoms with E-state index in [9.17, 15) is 0 Å². The van der Waals surface area contributed by atoms with Crippen LogP contribution in [-0.2, 0) is 0 Å². The first-order valence-electron chi connectivity index (χ1n) is 7.50.